The van der Waals surface area contributed by atoms with Gasteiger partial charge in [0.25, 0.3) is 5.91 Å². The van der Waals surface area contributed by atoms with E-state index in [1.165, 1.54) is 17.7 Å². The Morgan fingerprint density at radius 3 is 2.57 bits per heavy atom. The van der Waals surface area contributed by atoms with Crippen LogP contribution < -0.4 is 0 Å². The van der Waals surface area contributed by atoms with Crippen LogP contribution in [0.25, 0.3) is 10.8 Å². The quantitative estimate of drug-likeness (QED) is 0.312. The summed E-state index contributed by atoms with van der Waals surface area (Å²) in [5, 5.41) is 2.29. The van der Waals surface area contributed by atoms with Crippen molar-refractivity contribution in [1.82, 2.24) is 14.7 Å². The van der Waals surface area contributed by atoms with Crippen LogP contribution >= 0.6 is 0 Å². The summed E-state index contributed by atoms with van der Waals surface area (Å²) >= 11 is 0. The highest BCUT2D eigenvalue weighted by atomic mass is 16.5. The van der Waals surface area contributed by atoms with Crippen molar-refractivity contribution in [1.29, 1.82) is 0 Å². The minimum absolute atomic E-state index is 0.0201. The third-order valence-corrected chi connectivity index (χ3v) is 8.08. The van der Waals surface area contributed by atoms with E-state index in [0.717, 1.165) is 48.8 Å². The number of carbonyl (C=O) groups is 2. The SMILES string of the molecule is COCCCN1C(=O)N(Cc2ccc3ccccc3c2)C(=O)C12CCN(C[C@@H]1CC=CCC1)CC2. The van der Waals surface area contributed by atoms with Gasteiger partial charge in [0.15, 0.2) is 0 Å². The first kappa shape index (κ1) is 24.0. The van der Waals surface area contributed by atoms with E-state index in [9.17, 15) is 9.59 Å². The van der Waals surface area contributed by atoms with Crippen molar-refractivity contribution >= 4 is 22.7 Å². The third kappa shape index (κ3) is 4.87. The van der Waals surface area contributed by atoms with E-state index in [-0.39, 0.29) is 11.9 Å². The van der Waals surface area contributed by atoms with Crippen molar-refractivity contribution in [3.63, 3.8) is 0 Å². The average molecular weight is 476 g/mol. The number of ether oxygens (including phenoxy) is 1. The molecule has 5 rings (SSSR count). The summed E-state index contributed by atoms with van der Waals surface area (Å²) in [4.78, 5) is 33.4. The van der Waals surface area contributed by atoms with E-state index in [2.05, 4.69) is 41.3 Å². The summed E-state index contributed by atoms with van der Waals surface area (Å²) < 4.78 is 5.25. The Balaban J connectivity index is 1.33. The summed E-state index contributed by atoms with van der Waals surface area (Å²) in [5.74, 6) is 0.686. The number of allylic oxidation sites excluding steroid dienone is 2. The predicted octanol–water partition coefficient (Wildman–Crippen LogP) is 4.83. The van der Waals surface area contributed by atoms with Crippen LogP contribution in [-0.2, 0) is 16.1 Å². The summed E-state index contributed by atoms with van der Waals surface area (Å²) in [6, 6.07) is 14.2. The average Bonchev–Trinajstić information content (AvgIpc) is 3.07. The fourth-order valence-corrected chi connectivity index (χ4v) is 6.09. The van der Waals surface area contributed by atoms with Gasteiger partial charge < -0.3 is 14.5 Å². The van der Waals surface area contributed by atoms with Crippen molar-refractivity contribution in [2.45, 2.75) is 50.6 Å². The van der Waals surface area contributed by atoms with Gasteiger partial charge in [0, 0.05) is 39.9 Å². The van der Waals surface area contributed by atoms with Gasteiger partial charge in [-0.3, -0.25) is 9.69 Å². The van der Waals surface area contributed by atoms with E-state index in [1.54, 1.807) is 7.11 Å². The fraction of sp³-hybridized carbons (Fsp3) is 0.517. The lowest BCUT2D eigenvalue weighted by molar-refractivity contribution is -0.136. The Morgan fingerprint density at radius 2 is 1.83 bits per heavy atom. The van der Waals surface area contributed by atoms with Gasteiger partial charge >= 0.3 is 6.03 Å². The molecule has 2 heterocycles. The third-order valence-electron chi connectivity index (χ3n) is 8.08. The maximum absolute atomic E-state index is 13.9. The van der Waals surface area contributed by atoms with Crippen LogP contribution in [0, 0.1) is 5.92 Å². The molecule has 2 fully saturated rings. The first-order chi connectivity index (χ1) is 17.1. The van der Waals surface area contributed by atoms with E-state index < -0.39 is 5.54 Å². The number of piperidine rings is 1. The van der Waals surface area contributed by atoms with Crippen LogP contribution in [0.1, 0.15) is 44.1 Å². The lowest BCUT2D eigenvalue weighted by atomic mass is 9.84. The van der Waals surface area contributed by atoms with E-state index in [1.807, 2.05) is 23.1 Å². The zero-order chi connectivity index (χ0) is 24.3. The number of urea groups is 1. The number of rotatable bonds is 8. The van der Waals surface area contributed by atoms with Crippen molar-refractivity contribution < 1.29 is 14.3 Å². The van der Waals surface area contributed by atoms with E-state index in [4.69, 9.17) is 4.74 Å². The molecule has 3 amide bonds. The molecule has 2 aromatic rings. The van der Waals surface area contributed by atoms with Crippen LogP contribution in [0.5, 0.6) is 0 Å². The Kier molecular flexibility index (Phi) is 7.21. The van der Waals surface area contributed by atoms with Gasteiger partial charge in [-0.25, -0.2) is 4.79 Å². The van der Waals surface area contributed by atoms with Gasteiger partial charge in [0.05, 0.1) is 6.54 Å². The van der Waals surface area contributed by atoms with Crippen LogP contribution in [0.4, 0.5) is 4.79 Å². The zero-order valence-electron chi connectivity index (χ0n) is 20.8. The topological polar surface area (TPSA) is 53.1 Å². The molecule has 0 radical (unpaired) electrons. The van der Waals surface area contributed by atoms with Gasteiger partial charge in [-0.05, 0) is 66.8 Å². The van der Waals surface area contributed by atoms with Gasteiger partial charge in [0.1, 0.15) is 5.54 Å². The molecule has 0 unspecified atom stereocenters. The first-order valence-electron chi connectivity index (χ1n) is 13.1. The van der Waals surface area contributed by atoms with Crippen LogP contribution in [-0.4, -0.2) is 72.1 Å². The summed E-state index contributed by atoms with van der Waals surface area (Å²) in [6.45, 7) is 4.28. The number of hydrogen-bond acceptors (Lipinski definition) is 4. The highest BCUT2D eigenvalue weighted by Crippen LogP contribution is 2.39. The van der Waals surface area contributed by atoms with Crippen molar-refractivity contribution in [2.24, 2.45) is 5.92 Å². The highest BCUT2D eigenvalue weighted by molar-refractivity contribution is 6.07. The van der Waals surface area contributed by atoms with Crippen LogP contribution in [0.2, 0.25) is 0 Å². The molecule has 2 aromatic carbocycles. The molecule has 2 aliphatic heterocycles. The number of amides is 3. The molecule has 1 atom stereocenters. The molecule has 0 saturated carbocycles. The Labute approximate surface area is 208 Å². The molecule has 0 N–H and O–H groups in total. The molecule has 3 aliphatic rings. The molecule has 6 heteroatoms. The molecular formula is C29H37N3O3. The maximum atomic E-state index is 13.9. The largest absolute Gasteiger partial charge is 0.385 e. The summed E-state index contributed by atoms with van der Waals surface area (Å²) in [6.07, 6.45) is 10.3. The minimum Gasteiger partial charge on any atom is -0.385 e. The van der Waals surface area contributed by atoms with Gasteiger partial charge in [-0.15, -0.1) is 0 Å². The second kappa shape index (κ2) is 10.5. The number of imide groups is 1. The molecular weight excluding hydrogens is 438 g/mol. The number of benzene rings is 2. The van der Waals surface area contributed by atoms with Crippen molar-refractivity contribution in [2.75, 3.05) is 39.9 Å². The molecule has 35 heavy (non-hydrogen) atoms. The summed E-state index contributed by atoms with van der Waals surface area (Å²) in [7, 11) is 1.68. The molecule has 2 saturated heterocycles. The Hall–Kier alpha value is -2.70. The normalized spacial score (nSPS) is 22.6. The molecule has 0 bridgehead atoms. The lowest BCUT2D eigenvalue weighted by Crippen LogP contribution is -2.57. The molecule has 0 aromatic heterocycles. The fourth-order valence-electron chi connectivity index (χ4n) is 6.09. The monoisotopic (exact) mass is 475 g/mol. The Bertz CT molecular complexity index is 1090. The number of methoxy groups -OCH3 is 1. The summed E-state index contributed by atoms with van der Waals surface area (Å²) in [5.41, 5.74) is 0.270. The first-order valence-corrected chi connectivity index (χ1v) is 13.1. The smallest absolute Gasteiger partial charge is 0.327 e. The number of nitrogens with zero attached hydrogens (tertiary/aromatic N) is 3. The number of carbonyl (C=O) groups excluding carboxylic acids is 2. The standard InChI is InChI=1S/C29H37N3O3/c1-35-19-7-16-32-28(34)31(22-24-12-13-25-10-5-6-11-26(25)20-24)27(33)29(32)14-17-30(18-15-29)21-23-8-3-2-4-9-23/h2-3,5-6,10-13,20,23H,4,7-9,14-19,21-22H2,1H3/t23-/m1/s1. The van der Waals surface area contributed by atoms with Gasteiger partial charge in [-0.1, -0.05) is 48.6 Å². The van der Waals surface area contributed by atoms with Crippen LogP contribution in [0.3, 0.4) is 0 Å². The molecule has 1 aliphatic carbocycles. The van der Waals surface area contributed by atoms with Crippen molar-refractivity contribution in [3.05, 3.63) is 60.2 Å². The number of fused-ring (bicyclic) bond motifs is 1. The molecule has 186 valence electrons. The molecule has 1 spiro atoms. The van der Waals surface area contributed by atoms with E-state index >= 15 is 0 Å². The molecule has 6 nitrogen and oxygen atoms in total. The van der Waals surface area contributed by atoms with Gasteiger partial charge in [-0.2, -0.15) is 0 Å². The van der Waals surface area contributed by atoms with Crippen LogP contribution in [0.15, 0.2) is 54.6 Å². The highest BCUT2D eigenvalue weighted by Gasteiger charge is 2.57. The minimum atomic E-state index is -0.718. The Morgan fingerprint density at radius 1 is 1.03 bits per heavy atom. The van der Waals surface area contributed by atoms with Gasteiger partial charge in [0.2, 0.25) is 0 Å². The predicted molar refractivity (Wildman–Crippen MR) is 138 cm³/mol. The maximum Gasteiger partial charge on any atom is 0.327 e. The lowest BCUT2D eigenvalue weighted by Gasteiger charge is -2.43. The second-order valence-electron chi connectivity index (χ2n) is 10.3. The van der Waals surface area contributed by atoms with E-state index in [0.29, 0.717) is 38.5 Å². The van der Waals surface area contributed by atoms with Crippen molar-refractivity contribution in [3.8, 4) is 0 Å². The number of hydrogen-bond donors (Lipinski definition) is 0. The second-order valence-corrected chi connectivity index (χ2v) is 10.3. The zero-order valence-corrected chi connectivity index (χ0v) is 20.8. The number of likely N-dealkylation sites (tertiary alicyclic amines) is 1.